The van der Waals surface area contributed by atoms with E-state index in [9.17, 15) is 14.3 Å². The van der Waals surface area contributed by atoms with Crippen LogP contribution < -0.4 is 10.1 Å². The van der Waals surface area contributed by atoms with Crippen LogP contribution in [-0.2, 0) is 0 Å². The van der Waals surface area contributed by atoms with Crippen molar-refractivity contribution in [2.45, 2.75) is 25.0 Å². The Morgan fingerprint density at radius 1 is 1.57 bits per heavy atom. The number of nitrogens with zero attached hydrogens (tertiary/aromatic N) is 1. The van der Waals surface area contributed by atoms with Gasteiger partial charge in [-0.2, -0.15) is 0 Å². The molecule has 1 aliphatic rings. The summed E-state index contributed by atoms with van der Waals surface area (Å²) in [5.74, 6) is -0.271. The molecule has 23 heavy (non-hydrogen) atoms. The maximum Gasteiger partial charge on any atom is 0.404 e. The molecule has 0 spiro atoms. The number of likely N-dealkylation sites (tertiary alicyclic amines) is 1. The molecule has 1 amide bonds. The molecule has 0 aliphatic carbocycles. The number of amides is 1. The summed E-state index contributed by atoms with van der Waals surface area (Å²) >= 11 is 5.59. The summed E-state index contributed by atoms with van der Waals surface area (Å²) in [6.07, 6.45) is -0.136. The van der Waals surface area contributed by atoms with Crippen molar-refractivity contribution in [1.82, 2.24) is 10.2 Å². The number of nitrogens with one attached hydrogen (secondary N) is 1. The Hall–Kier alpha value is -1.57. The minimum Gasteiger partial charge on any atom is -0.491 e. The van der Waals surface area contributed by atoms with Gasteiger partial charge >= 0.3 is 6.09 Å². The Morgan fingerprint density at radius 3 is 3.04 bits per heavy atom. The maximum atomic E-state index is 13.3. The number of carboxylic acid groups (broad SMARTS) is 1. The van der Waals surface area contributed by atoms with Crippen molar-refractivity contribution < 1.29 is 24.1 Å². The average Bonchev–Trinajstić information content (AvgIpc) is 2.48. The fraction of sp³-hybridized carbons (Fsp3) is 0.533. The standard InChI is InChI=1S/C15H20ClFN2O4/c16-13-4-3-12(6-14(13)17)23-9-11(20)8-19-5-1-2-10(7-19)18-15(21)22/h3-4,6,10-11,18,20H,1-2,5,7-9H2,(H,21,22)/t10-,11?/m0/s1. The van der Waals surface area contributed by atoms with Crippen LogP contribution in [0.25, 0.3) is 0 Å². The largest absolute Gasteiger partial charge is 0.491 e. The summed E-state index contributed by atoms with van der Waals surface area (Å²) in [5, 5.41) is 21.3. The van der Waals surface area contributed by atoms with Gasteiger partial charge in [-0.15, -0.1) is 0 Å². The summed E-state index contributed by atoms with van der Waals surface area (Å²) in [4.78, 5) is 12.7. The zero-order valence-electron chi connectivity index (χ0n) is 12.5. The second-order valence-corrected chi connectivity index (χ2v) is 6.00. The quantitative estimate of drug-likeness (QED) is 0.733. The SMILES string of the molecule is O=C(O)N[C@H]1CCCN(CC(O)COc2ccc(Cl)c(F)c2)C1. The topological polar surface area (TPSA) is 82.0 Å². The third-order valence-electron chi connectivity index (χ3n) is 3.64. The molecule has 6 nitrogen and oxygen atoms in total. The van der Waals surface area contributed by atoms with Gasteiger partial charge in [-0.1, -0.05) is 11.6 Å². The number of rotatable bonds is 6. The van der Waals surface area contributed by atoms with Gasteiger partial charge in [0.15, 0.2) is 0 Å². The molecule has 0 bridgehead atoms. The van der Waals surface area contributed by atoms with E-state index >= 15 is 0 Å². The lowest BCUT2D eigenvalue weighted by atomic mass is 10.1. The van der Waals surface area contributed by atoms with Gasteiger partial charge in [-0.05, 0) is 31.5 Å². The van der Waals surface area contributed by atoms with Crippen LogP contribution in [0, 0.1) is 5.82 Å². The predicted molar refractivity (Wildman–Crippen MR) is 83.5 cm³/mol. The van der Waals surface area contributed by atoms with Gasteiger partial charge in [0.05, 0.1) is 5.02 Å². The Balaban J connectivity index is 1.76. The highest BCUT2D eigenvalue weighted by atomic mass is 35.5. The van der Waals surface area contributed by atoms with Gasteiger partial charge in [-0.3, -0.25) is 4.90 Å². The number of carbonyl (C=O) groups is 1. The zero-order chi connectivity index (χ0) is 16.8. The zero-order valence-corrected chi connectivity index (χ0v) is 13.3. The molecule has 1 aliphatic heterocycles. The lowest BCUT2D eigenvalue weighted by molar-refractivity contribution is 0.0560. The van der Waals surface area contributed by atoms with Crippen molar-refractivity contribution in [3.05, 3.63) is 29.0 Å². The number of benzene rings is 1. The van der Waals surface area contributed by atoms with E-state index in [1.54, 1.807) is 0 Å². The monoisotopic (exact) mass is 346 g/mol. The van der Waals surface area contributed by atoms with Crippen LogP contribution in [0.15, 0.2) is 18.2 Å². The molecule has 1 heterocycles. The van der Waals surface area contributed by atoms with Gasteiger partial charge in [-0.25, -0.2) is 9.18 Å². The van der Waals surface area contributed by atoms with Crippen LogP contribution in [-0.4, -0.2) is 59.6 Å². The molecule has 8 heteroatoms. The van der Waals surface area contributed by atoms with E-state index in [0.717, 1.165) is 19.4 Å². The van der Waals surface area contributed by atoms with E-state index < -0.39 is 18.0 Å². The summed E-state index contributed by atoms with van der Waals surface area (Å²) in [7, 11) is 0. The van der Waals surface area contributed by atoms with E-state index in [4.69, 9.17) is 21.4 Å². The highest BCUT2D eigenvalue weighted by Crippen LogP contribution is 2.20. The van der Waals surface area contributed by atoms with Gasteiger partial charge in [0.1, 0.15) is 24.3 Å². The van der Waals surface area contributed by atoms with Crippen molar-refractivity contribution in [3.63, 3.8) is 0 Å². The number of hydrogen-bond acceptors (Lipinski definition) is 4. The molecule has 3 N–H and O–H groups in total. The van der Waals surface area contributed by atoms with Gasteiger partial charge in [0.25, 0.3) is 0 Å². The van der Waals surface area contributed by atoms with Crippen LogP contribution in [0.3, 0.4) is 0 Å². The number of ether oxygens (including phenoxy) is 1. The third kappa shape index (κ3) is 5.85. The molecule has 0 aromatic heterocycles. The summed E-state index contributed by atoms with van der Waals surface area (Å²) in [5.41, 5.74) is 0. The molecule has 1 saturated heterocycles. The third-order valence-corrected chi connectivity index (χ3v) is 3.94. The van der Waals surface area contributed by atoms with Crippen molar-refractivity contribution in [2.24, 2.45) is 0 Å². The van der Waals surface area contributed by atoms with Crippen molar-refractivity contribution in [2.75, 3.05) is 26.2 Å². The van der Waals surface area contributed by atoms with Crippen molar-refractivity contribution in [1.29, 1.82) is 0 Å². The molecule has 128 valence electrons. The first kappa shape index (κ1) is 17.8. The summed E-state index contributed by atoms with van der Waals surface area (Å²) in [6.45, 7) is 1.74. The minimum atomic E-state index is -1.04. The van der Waals surface area contributed by atoms with E-state index in [1.165, 1.54) is 18.2 Å². The van der Waals surface area contributed by atoms with E-state index in [-0.39, 0.29) is 17.7 Å². The highest BCUT2D eigenvalue weighted by molar-refractivity contribution is 6.30. The molecule has 1 fully saturated rings. The number of aliphatic hydroxyl groups excluding tert-OH is 1. The smallest absolute Gasteiger partial charge is 0.404 e. The Bertz CT molecular complexity index is 546. The summed E-state index contributed by atoms with van der Waals surface area (Å²) < 4.78 is 18.6. The molecule has 1 aromatic rings. The molecule has 2 atom stereocenters. The van der Waals surface area contributed by atoms with Gasteiger partial charge < -0.3 is 20.3 Å². The molecule has 1 unspecified atom stereocenters. The first-order chi connectivity index (χ1) is 10.9. The van der Waals surface area contributed by atoms with Crippen molar-refractivity contribution in [3.8, 4) is 5.75 Å². The number of β-amino-alcohol motifs (C(OH)–C–C–N with tert-alkyl or cyclic N) is 1. The molecular weight excluding hydrogens is 327 g/mol. The second kappa shape index (κ2) is 8.33. The van der Waals surface area contributed by atoms with Gasteiger partial charge in [0.2, 0.25) is 0 Å². The number of halogens is 2. The number of aliphatic hydroxyl groups is 1. The van der Waals surface area contributed by atoms with E-state index in [1.807, 2.05) is 4.90 Å². The van der Waals surface area contributed by atoms with E-state index in [2.05, 4.69) is 5.32 Å². The fourth-order valence-corrected chi connectivity index (χ4v) is 2.74. The van der Waals surface area contributed by atoms with E-state index in [0.29, 0.717) is 18.8 Å². The normalized spacial score (nSPS) is 20.0. The Labute approximate surface area is 138 Å². The first-order valence-electron chi connectivity index (χ1n) is 7.42. The lowest BCUT2D eigenvalue weighted by Gasteiger charge is -2.33. The number of hydrogen-bond donors (Lipinski definition) is 3. The van der Waals surface area contributed by atoms with Crippen LogP contribution in [0.5, 0.6) is 5.75 Å². The highest BCUT2D eigenvalue weighted by Gasteiger charge is 2.23. The summed E-state index contributed by atoms with van der Waals surface area (Å²) in [6, 6.07) is 3.97. The van der Waals surface area contributed by atoms with Crippen LogP contribution in [0.2, 0.25) is 5.02 Å². The molecule has 0 radical (unpaired) electrons. The fourth-order valence-electron chi connectivity index (χ4n) is 2.62. The molecule has 0 saturated carbocycles. The molecule has 1 aromatic carbocycles. The molecular formula is C15H20ClFN2O4. The Morgan fingerprint density at radius 2 is 2.35 bits per heavy atom. The van der Waals surface area contributed by atoms with Crippen LogP contribution >= 0.6 is 11.6 Å². The Kier molecular flexibility index (Phi) is 6.44. The lowest BCUT2D eigenvalue weighted by Crippen LogP contribution is -2.49. The van der Waals surface area contributed by atoms with Crippen LogP contribution in [0.4, 0.5) is 9.18 Å². The van der Waals surface area contributed by atoms with Crippen molar-refractivity contribution >= 4 is 17.7 Å². The maximum absolute atomic E-state index is 13.3. The first-order valence-corrected chi connectivity index (χ1v) is 7.79. The predicted octanol–water partition coefficient (Wildman–Crippen LogP) is 1.95. The second-order valence-electron chi connectivity index (χ2n) is 5.59. The molecule has 2 rings (SSSR count). The minimum absolute atomic E-state index is 0.0168. The van der Waals surface area contributed by atoms with Crippen LogP contribution in [0.1, 0.15) is 12.8 Å². The number of piperidine rings is 1. The van der Waals surface area contributed by atoms with Gasteiger partial charge in [0, 0.05) is 25.2 Å². The average molecular weight is 347 g/mol.